The summed E-state index contributed by atoms with van der Waals surface area (Å²) in [6.45, 7) is 5.04. The summed E-state index contributed by atoms with van der Waals surface area (Å²) in [5, 5.41) is 22.8. The SMILES string of the molecule is Cc1cc(C(=O)N2CCC(O)CC2)cc(C)c1/C=C/S(=O)(=O)N1CCC2(CC1)N=C(c1cccc(CC#N)c1)NC2=O. The van der Waals surface area contributed by atoms with E-state index >= 15 is 0 Å². The fraction of sp³-hybridized carbons (Fsp3) is 0.419. The lowest BCUT2D eigenvalue weighted by molar-refractivity contribution is -0.124. The molecule has 10 nitrogen and oxygen atoms in total. The predicted molar refractivity (Wildman–Crippen MR) is 159 cm³/mol. The van der Waals surface area contributed by atoms with Gasteiger partial charge in [-0.05, 0) is 86.1 Å². The lowest BCUT2D eigenvalue weighted by Gasteiger charge is -2.34. The van der Waals surface area contributed by atoms with E-state index in [-0.39, 0.29) is 50.3 Å². The Hall–Kier alpha value is -3.85. The molecule has 3 aliphatic rings. The van der Waals surface area contributed by atoms with E-state index in [2.05, 4.69) is 11.4 Å². The van der Waals surface area contributed by atoms with Crippen LogP contribution in [0.5, 0.6) is 0 Å². The molecule has 0 aliphatic carbocycles. The lowest BCUT2D eigenvalue weighted by Crippen LogP contribution is -2.50. The van der Waals surface area contributed by atoms with Crippen molar-refractivity contribution >= 4 is 33.7 Å². The van der Waals surface area contributed by atoms with Gasteiger partial charge in [-0.1, -0.05) is 18.2 Å². The number of aliphatic hydroxyl groups excluding tert-OH is 1. The average Bonchev–Trinajstić information content (AvgIpc) is 3.28. The van der Waals surface area contributed by atoms with Crippen LogP contribution in [0.4, 0.5) is 0 Å². The molecule has 2 saturated heterocycles. The Labute approximate surface area is 246 Å². The van der Waals surface area contributed by atoms with E-state index in [0.717, 1.165) is 27.8 Å². The second kappa shape index (κ2) is 11.8. The number of likely N-dealkylation sites (tertiary alicyclic amines) is 1. The largest absolute Gasteiger partial charge is 0.393 e. The third kappa shape index (κ3) is 6.02. The first-order valence-electron chi connectivity index (χ1n) is 14.2. The zero-order valence-corrected chi connectivity index (χ0v) is 24.7. The fourth-order valence-corrected chi connectivity index (χ4v) is 7.05. The van der Waals surface area contributed by atoms with Crippen molar-refractivity contribution in [1.29, 1.82) is 5.26 Å². The topological polar surface area (TPSA) is 143 Å². The summed E-state index contributed by atoms with van der Waals surface area (Å²) in [5.41, 5.74) is 3.41. The van der Waals surface area contributed by atoms with E-state index in [1.807, 2.05) is 38.1 Å². The number of nitriles is 1. The predicted octanol–water partition coefficient (Wildman–Crippen LogP) is 2.68. The van der Waals surface area contributed by atoms with Crippen LogP contribution < -0.4 is 5.32 Å². The first-order valence-corrected chi connectivity index (χ1v) is 15.7. The van der Waals surface area contributed by atoms with Crippen LogP contribution in [0.2, 0.25) is 0 Å². The molecule has 2 fully saturated rings. The van der Waals surface area contributed by atoms with Crippen LogP contribution in [0.3, 0.4) is 0 Å². The molecule has 3 aliphatic heterocycles. The Morgan fingerprint density at radius 1 is 1.14 bits per heavy atom. The van der Waals surface area contributed by atoms with Crippen LogP contribution in [-0.4, -0.2) is 78.2 Å². The van der Waals surface area contributed by atoms with Gasteiger partial charge in [0.15, 0.2) is 0 Å². The Morgan fingerprint density at radius 2 is 1.81 bits per heavy atom. The maximum Gasteiger partial charge on any atom is 0.253 e. The van der Waals surface area contributed by atoms with Crippen LogP contribution in [0, 0.1) is 25.2 Å². The van der Waals surface area contributed by atoms with Gasteiger partial charge in [0, 0.05) is 42.7 Å². The number of rotatable bonds is 6. The molecule has 0 radical (unpaired) electrons. The number of benzene rings is 2. The monoisotopic (exact) mass is 589 g/mol. The van der Waals surface area contributed by atoms with Crippen LogP contribution >= 0.6 is 0 Å². The van der Waals surface area contributed by atoms with Crippen molar-refractivity contribution < 1.29 is 23.1 Å². The molecule has 42 heavy (non-hydrogen) atoms. The molecule has 1 spiro atoms. The molecule has 3 heterocycles. The summed E-state index contributed by atoms with van der Waals surface area (Å²) >= 11 is 0. The Morgan fingerprint density at radius 3 is 2.45 bits per heavy atom. The summed E-state index contributed by atoms with van der Waals surface area (Å²) in [4.78, 5) is 32.4. The zero-order valence-electron chi connectivity index (χ0n) is 23.8. The molecule has 220 valence electrons. The van der Waals surface area contributed by atoms with Crippen molar-refractivity contribution in [2.24, 2.45) is 4.99 Å². The molecular formula is C31H35N5O5S. The number of amides is 2. The maximum atomic E-state index is 13.3. The van der Waals surface area contributed by atoms with E-state index in [1.165, 1.54) is 9.71 Å². The van der Waals surface area contributed by atoms with Crippen molar-refractivity contribution in [3.63, 3.8) is 0 Å². The summed E-state index contributed by atoms with van der Waals surface area (Å²) in [6, 6.07) is 13.0. The van der Waals surface area contributed by atoms with Crippen LogP contribution in [0.1, 0.15) is 63.9 Å². The summed E-state index contributed by atoms with van der Waals surface area (Å²) < 4.78 is 27.9. The van der Waals surface area contributed by atoms with Gasteiger partial charge in [-0.25, -0.2) is 8.42 Å². The number of sulfonamides is 1. The fourth-order valence-electron chi connectivity index (χ4n) is 5.88. The van der Waals surface area contributed by atoms with Gasteiger partial charge in [0.05, 0.1) is 18.6 Å². The van der Waals surface area contributed by atoms with Crippen molar-refractivity contribution in [3.05, 3.63) is 75.2 Å². The first kappa shape index (κ1) is 29.6. The molecule has 2 aromatic carbocycles. The number of aliphatic hydroxyl groups is 1. The molecular weight excluding hydrogens is 554 g/mol. The first-order chi connectivity index (χ1) is 20.0. The quantitative estimate of drug-likeness (QED) is 0.530. The highest BCUT2D eigenvalue weighted by Crippen LogP contribution is 2.32. The maximum absolute atomic E-state index is 13.3. The highest BCUT2D eigenvalue weighted by molar-refractivity contribution is 7.92. The second-order valence-corrected chi connectivity index (χ2v) is 13.1. The van der Waals surface area contributed by atoms with Crippen molar-refractivity contribution in [3.8, 4) is 6.07 Å². The van der Waals surface area contributed by atoms with Gasteiger partial charge in [-0.2, -0.15) is 9.57 Å². The van der Waals surface area contributed by atoms with Gasteiger partial charge >= 0.3 is 0 Å². The lowest BCUT2D eigenvalue weighted by atomic mass is 9.89. The number of aryl methyl sites for hydroxylation is 2. The molecule has 2 N–H and O–H groups in total. The van der Waals surface area contributed by atoms with E-state index in [4.69, 9.17) is 10.3 Å². The normalized spacial score (nSPS) is 19.6. The molecule has 5 rings (SSSR count). The van der Waals surface area contributed by atoms with Crippen LogP contribution in [0.25, 0.3) is 6.08 Å². The second-order valence-electron chi connectivity index (χ2n) is 11.3. The Kier molecular flexibility index (Phi) is 8.32. The number of aliphatic imine (C=N–C) groups is 1. The molecule has 2 amide bonds. The van der Waals surface area contributed by atoms with Gasteiger partial charge in [-0.3, -0.25) is 14.6 Å². The number of carbonyl (C=O) groups excluding carboxylic acids is 2. The van der Waals surface area contributed by atoms with Gasteiger partial charge in [0.1, 0.15) is 11.4 Å². The number of piperidine rings is 2. The number of amidine groups is 1. The van der Waals surface area contributed by atoms with Crippen molar-refractivity contribution in [2.45, 2.75) is 57.6 Å². The summed E-state index contributed by atoms with van der Waals surface area (Å²) in [6.07, 6.45) is 3.11. The standard InChI is InChI=1S/C31H35N5O5S/c1-21-18-25(29(38)35-13-7-26(37)8-14-35)19-22(2)27(21)9-17-42(40,41)36-15-10-31(11-16-36)30(39)33-28(34-31)24-5-3-4-23(20-24)6-12-32/h3-5,9,17-20,26,37H,6-8,10-11,13-16H2,1-2H3,(H,33,34,39)/b17-9+. The van der Waals surface area contributed by atoms with Gasteiger partial charge in [-0.15, -0.1) is 0 Å². The third-order valence-electron chi connectivity index (χ3n) is 8.37. The molecule has 0 aromatic heterocycles. The molecule has 2 aromatic rings. The highest BCUT2D eigenvalue weighted by atomic mass is 32.2. The number of nitrogens with zero attached hydrogens (tertiary/aromatic N) is 4. The molecule has 11 heteroatoms. The van der Waals surface area contributed by atoms with Gasteiger partial charge in [0.2, 0.25) is 10.0 Å². The minimum Gasteiger partial charge on any atom is -0.393 e. The van der Waals surface area contributed by atoms with E-state index in [0.29, 0.717) is 37.3 Å². The van der Waals surface area contributed by atoms with Crippen molar-refractivity contribution in [2.75, 3.05) is 26.2 Å². The minimum atomic E-state index is -3.76. The Bertz CT molecular complexity index is 1590. The minimum absolute atomic E-state index is 0.0878. The van der Waals surface area contributed by atoms with E-state index in [9.17, 15) is 23.1 Å². The van der Waals surface area contributed by atoms with Crippen molar-refractivity contribution in [1.82, 2.24) is 14.5 Å². The average molecular weight is 590 g/mol. The van der Waals surface area contributed by atoms with E-state index < -0.39 is 15.6 Å². The molecule has 0 bridgehead atoms. The molecule has 0 saturated carbocycles. The Balaban J connectivity index is 1.26. The molecule has 0 unspecified atom stereocenters. The number of hydrogen-bond acceptors (Lipinski definition) is 7. The number of carbonyl (C=O) groups is 2. The van der Waals surface area contributed by atoms with Gasteiger partial charge in [0.25, 0.3) is 11.8 Å². The van der Waals surface area contributed by atoms with Gasteiger partial charge < -0.3 is 15.3 Å². The molecule has 0 atom stereocenters. The number of nitrogens with one attached hydrogen (secondary N) is 1. The smallest absolute Gasteiger partial charge is 0.253 e. The summed E-state index contributed by atoms with van der Waals surface area (Å²) in [5.74, 6) is 0.120. The third-order valence-corrected chi connectivity index (χ3v) is 9.94. The van der Waals surface area contributed by atoms with Crippen LogP contribution in [-0.2, 0) is 21.2 Å². The van der Waals surface area contributed by atoms with E-state index in [1.54, 1.807) is 23.1 Å². The van der Waals surface area contributed by atoms with Crippen LogP contribution in [0.15, 0.2) is 46.8 Å². The summed E-state index contributed by atoms with van der Waals surface area (Å²) in [7, 11) is -3.76. The number of hydrogen-bond donors (Lipinski definition) is 2. The highest BCUT2D eigenvalue weighted by Gasteiger charge is 2.47. The zero-order chi connectivity index (χ0) is 30.1.